The van der Waals surface area contributed by atoms with Gasteiger partial charge in [0.05, 0.1) is 6.54 Å². The van der Waals surface area contributed by atoms with Crippen molar-refractivity contribution >= 4 is 24.2 Å². The zero-order chi connectivity index (χ0) is 19.7. The van der Waals surface area contributed by atoms with Gasteiger partial charge in [0.1, 0.15) is 0 Å². The number of aromatic nitrogens is 4. The van der Waals surface area contributed by atoms with Crippen LogP contribution >= 0.6 is 12.2 Å². The zero-order valence-corrected chi connectivity index (χ0v) is 17.5. The van der Waals surface area contributed by atoms with Gasteiger partial charge in [-0.25, -0.2) is 0 Å². The molecule has 2 saturated carbocycles. The van der Waals surface area contributed by atoms with Gasteiger partial charge >= 0.3 is 0 Å². The van der Waals surface area contributed by atoms with Crippen molar-refractivity contribution in [1.29, 1.82) is 0 Å². The summed E-state index contributed by atoms with van der Waals surface area (Å²) in [6.07, 6.45) is 12.3. The first-order chi connectivity index (χ1) is 13.5. The lowest BCUT2D eigenvalue weighted by molar-refractivity contribution is -0.116. The van der Waals surface area contributed by atoms with E-state index in [0.717, 1.165) is 24.2 Å². The van der Waals surface area contributed by atoms with Crippen molar-refractivity contribution in [2.45, 2.75) is 77.4 Å². The molecule has 0 aliphatic heterocycles. The van der Waals surface area contributed by atoms with Gasteiger partial charge in [-0.1, -0.05) is 19.3 Å². The van der Waals surface area contributed by atoms with E-state index in [1.807, 2.05) is 10.6 Å². The fourth-order valence-corrected chi connectivity index (χ4v) is 4.73. The molecule has 4 rings (SSSR count). The summed E-state index contributed by atoms with van der Waals surface area (Å²) >= 11 is 5.28. The van der Waals surface area contributed by atoms with Crippen molar-refractivity contribution in [2.24, 2.45) is 0 Å². The number of aromatic amines is 1. The lowest BCUT2D eigenvalue weighted by Crippen LogP contribution is -2.22. The third-order valence-corrected chi connectivity index (χ3v) is 6.28. The number of amides is 1. The Kier molecular flexibility index (Phi) is 5.53. The molecule has 2 aromatic heterocycles. The van der Waals surface area contributed by atoms with Crippen LogP contribution in [-0.2, 0) is 11.3 Å². The molecule has 2 aliphatic rings. The Balaban J connectivity index is 1.40. The van der Waals surface area contributed by atoms with Crippen LogP contribution in [0.5, 0.6) is 0 Å². The zero-order valence-electron chi connectivity index (χ0n) is 16.7. The van der Waals surface area contributed by atoms with Crippen LogP contribution in [0.3, 0.4) is 0 Å². The molecule has 2 aromatic rings. The van der Waals surface area contributed by atoms with Crippen LogP contribution in [0, 0.1) is 18.6 Å². The Morgan fingerprint density at radius 2 is 1.93 bits per heavy atom. The van der Waals surface area contributed by atoms with Gasteiger partial charge < -0.3 is 9.88 Å². The summed E-state index contributed by atoms with van der Waals surface area (Å²) in [6.45, 7) is 4.71. The van der Waals surface area contributed by atoms with Crippen LogP contribution in [0.1, 0.15) is 79.8 Å². The standard InChI is InChI=1S/C21H29N5OS/c1-14-12-16(15(2)25(14)17-6-4-3-5-7-17)8-11-20(27)22-13-19-23-24-21(28)26(19)18-9-10-18/h8,11-12,17-18H,3-7,9-10,13H2,1-2H3,(H,22,27)(H,24,28)/b11-8+. The molecule has 0 aromatic carbocycles. The number of H-pyrrole nitrogens is 1. The number of aryl methyl sites for hydroxylation is 1. The molecule has 150 valence electrons. The maximum atomic E-state index is 12.3. The van der Waals surface area contributed by atoms with Crippen LogP contribution in [0.25, 0.3) is 6.08 Å². The fraction of sp³-hybridized carbons (Fsp3) is 0.571. The molecule has 2 aliphatic carbocycles. The minimum absolute atomic E-state index is 0.112. The van der Waals surface area contributed by atoms with Crippen molar-refractivity contribution in [3.63, 3.8) is 0 Å². The van der Waals surface area contributed by atoms with Gasteiger partial charge in [-0.3, -0.25) is 14.5 Å². The lowest BCUT2D eigenvalue weighted by Gasteiger charge is -2.26. The Hall–Kier alpha value is -2.15. The lowest BCUT2D eigenvalue weighted by atomic mass is 9.95. The smallest absolute Gasteiger partial charge is 0.244 e. The van der Waals surface area contributed by atoms with Crippen molar-refractivity contribution in [1.82, 2.24) is 24.6 Å². The van der Waals surface area contributed by atoms with Crippen LogP contribution in [0.4, 0.5) is 0 Å². The number of rotatable bonds is 6. The summed E-state index contributed by atoms with van der Waals surface area (Å²) in [7, 11) is 0. The minimum Gasteiger partial charge on any atom is -0.346 e. The summed E-state index contributed by atoms with van der Waals surface area (Å²) in [6, 6.07) is 3.24. The largest absolute Gasteiger partial charge is 0.346 e. The molecule has 7 heteroatoms. The maximum Gasteiger partial charge on any atom is 0.244 e. The Morgan fingerprint density at radius 3 is 2.64 bits per heavy atom. The van der Waals surface area contributed by atoms with Gasteiger partial charge in [0.25, 0.3) is 0 Å². The Labute approximate surface area is 171 Å². The first-order valence-corrected chi connectivity index (χ1v) is 10.8. The highest BCUT2D eigenvalue weighted by molar-refractivity contribution is 7.71. The van der Waals surface area contributed by atoms with Crippen LogP contribution in [0.15, 0.2) is 12.1 Å². The number of nitrogens with one attached hydrogen (secondary N) is 2. The number of hydrogen-bond donors (Lipinski definition) is 2. The van der Waals surface area contributed by atoms with E-state index in [4.69, 9.17) is 12.2 Å². The number of carbonyl (C=O) groups excluding carboxylic acids is 1. The number of carbonyl (C=O) groups is 1. The van der Waals surface area contributed by atoms with Crippen molar-refractivity contribution < 1.29 is 4.79 Å². The topological polar surface area (TPSA) is 67.6 Å². The molecule has 0 bridgehead atoms. The third-order valence-electron chi connectivity index (χ3n) is 5.99. The van der Waals surface area contributed by atoms with Crippen LogP contribution in [0.2, 0.25) is 0 Å². The molecule has 2 fully saturated rings. The molecule has 0 saturated heterocycles. The van der Waals surface area contributed by atoms with E-state index in [2.05, 4.69) is 40.0 Å². The van der Waals surface area contributed by atoms with E-state index in [0.29, 0.717) is 23.4 Å². The summed E-state index contributed by atoms with van der Waals surface area (Å²) in [4.78, 5) is 12.3. The molecule has 28 heavy (non-hydrogen) atoms. The van der Waals surface area contributed by atoms with Crippen molar-refractivity contribution in [3.05, 3.63) is 39.7 Å². The quantitative estimate of drug-likeness (QED) is 0.554. The van der Waals surface area contributed by atoms with E-state index >= 15 is 0 Å². The molecule has 2 N–H and O–H groups in total. The molecule has 0 atom stereocenters. The maximum absolute atomic E-state index is 12.3. The van der Waals surface area contributed by atoms with E-state index in [1.54, 1.807) is 6.08 Å². The second-order valence-corrected chi connectivity index (χ2v) is 8.47. The number of nitrogens with zero attached hydrogens (tertiary/aromatic N) is 3. The van der Waals surface area contributed by atoms with Crippen LogP contribution in [-0.4, -0.2) is 25.2 Å². The van der Waals surface area contributed by atoms with Crippen LogP contribution < -0.4 is 5.32 Å². The van der Waals surface area contributed by atoms with E-state index in [-0.39, 0.29) is 5.91 Å². The Bertz CT molecular complexity index is 941. The summed E-state index contributed by atoms with van der Waals surface area (Å²) in [5.41, 5.74) is 3.66. The van der Waals surface area contributed by atoms with Crippen molar-refractivity contribution in [3.8, 4) is 0 Å². The molecule has 2 heterocycles. The summed E-state index contributed by atoms with van der Waals surface area (Å²) in [5, 5.41) is 10.0. The van der Waals surface area contributed by atoms with Gasteiger partial charge in [-0.2, -0.15) is 5.10 Å². The minimum atomic E-state index is -0.112. The predicted octanol–water partition coefficient (Wildman–Crippen LogP) is 4.53. The molecular formula is C21H29N5OS. The van der Waals surface area contributed by atoms with Gasteiger partial charge in [0.15, 0.2) is 10.6 Å². The fourth-order valence-electron chi connectivity index (χ4n) is 4.43. The average Bonchev–Trinajstić information content (AvgIpc) is 3.39. The molecule has 0 spiro atoms. The molecular weight excluding hydrogens is 370 g/mol. The second-order valence-electron chi connectivity index (χ2n) is 8.09. The van der Waals surface area contributed by atoms with Gasteiger partial charge in [0, 0.05) is 29.5 Å². The SMILES string of the molecule is Cc1cc(/C=C/C(=O)NCc2n[nH]c(=S)n2C2CC2)c(C)n1C1CCCCC1. The first-order valence-electron chi connectivity index (χ1n) is 10.3. The second kappa shape index (κ2) is 8.07. The average molecular weight is 400 g/mol. The van der Waals surface area contributed by atoms with E-state index in [1.165, 1.54) is 43.5 Å². The van der Waals surface area contributed by atoms with Gasteiger partial charge in [-0.15, -0.1) is 0 Å². The monoisotopic (exact) mass is 399 g/mol. The Morgan fingerprint density at radius 1 is 1.21 bits per heavy atom. The third kappa shape index (κ3) is 3.99. The van der Waals surface area contributed by atoms with Crippen molar-refractivity contribution in [2.75, 3.05) is 0 Å². The molecule has 1 amide bonds. The van der Waals surface area contributed by atoms with Gasteiger partial charge in [-0.05, 0) is 69.5 Å². The molecule has 6 nitrogen and oxygen atoms in total. The first kappa shape index (κ1) is 19.2. The highest BCUT2D eigenvalue weighted by atomic mass is 32.1. The van der Waals surface area contributed by atoms with Gasteiger partial charge in [0.2, 0.25) is 5.91 Å². The molecule has 0 unspecified atom stereocenters. The highest BCUT2D eigenvalue weighted by Crippen LogP contribution is 2.35. The highest BCUT2D eigenvalue weighted by Gasteiger charge is 2.27. The van der Waals surface area contributed by atoms with E-state index < -0.39 is 0 Å². The van der Waals surface area contributed by atoms with E-state index in [9.17, 15) is 4.79 Å². The number of hydrogen-bond acceptors (Lipinski definition) is 3. The predicted molar refractivity (Wildman–Crippen MR) is 113 cm³/mol. The normalized spacial score (nSPS) is 18.1. The molecule has 0 radical (unpaired) electrons. The summed E-state index contributed by atoms with van der Waals surface area (Å²) in [5.74, 6) is 0.684. The summed E-state index contributed by atoms with van der Waals surface area (Å²) < 4.78 is 5.12.